The summed E-state index contributed by atoms with van der Waals surface area (Å²) >= 11 is 0. The smallest absolute Gasteiger partial charge is 0.240 e. The van der Waals surface area contributed by atoms with Gasteiger partial charge in [0.05, 0.1) is 17.7 Å². The van der Waals surface area contributed by atoms with Gasteiger partial charge in [0.25, 0.3) is 0 Å². The van der Waals surface area contributed by atoms with Gasteiger partial charge in [-0.2, -0.15) is 0 Å². The number of benzene rings is 1. The lowest BCUT2D eigenvalue weighted by Gasteiger charge is -2.07. The molecule has 2 heterocycles. The second-order valence-electron chi connectivity index (χ2n) is 4.40. The second-order valence-corrected chi connectivity index (χ2v) is 6.17. The first-order chi connectivity index (χ1) is 9.15. The molecule has 19 heavy (non-hydrogen) atoms. The van der Waals surface area contributed by atoms with Gasteiger partial charge in [-0.25, -0.2) is 13.1 Å². The van der Waals surface area contributed by atoms with Gasteiger partial charge < -0.3 is 9.73 Å². The van der Waals surface area contributed by atoms with Crippen molar-refractivity contribution in [3.63, 3.8) is 0 Å². The summed E-state index contributed by atoms with van der Waals surface area (Å²) in [5.41, 5.74) is 2.06. The fourth-order valence-electron chi connectivity index (χ4n) is 2.11. The van der Waals surface area contributed by atoms with E-state index in [9.17, 15) is 8.42 Å². The molecule has 0 spiro atoms. The van der Waals surface area contributed by atoms with Crippen LogP contribution < -0.4 is 10.0 Å². The van der Waals surface area contributed by atoms with E-state index in [0.717, 1.165) is 24.2 Å². The highest BCUT2D eigenvalue weighted by Crippen LogP contribution is 2.25. The highest BCUT2D eigenvalue weighted by molar-refractivity contribution is 7.89. The van der Waals surface area contributed by atoms with Crippen molar-refractivity contribution in [3.05, 3.63) is 47.9 Å². The molecule has 2 N–H and O–H groups in total. The Labute approximate surface area is 111 Å². The van der Waals surface area contributed by atoms with Gasteiger partial charge in [0, 0.05) is 12.2 Å². The molecular weight excluding hydrogens is 264 g/mol. The average molecular weight is 278 g/mol. The number of hydrogen-bond donors (Lipinski definition) is 2. The van der Waals surface area contributed by atoms with Crippen molar-refractivity contribution >= 4 is 15.7 Å². The molecule has 3 rings (SSSR count). The molecular formula is C13H14N2O3S. The van der Waals surface area contributed by atoms with Gasteiger partial charge in [0.2, 0.25) is 10.0 Å². The number of rotatable bonds is 4. The standard InChI is InChI=1S/C13H14N2O3S/c16-19(17,15-9-11-2-1-7-18-11)12-3-4-13-10(8-12)5-6-14-13/h1-4,7-8,14-15H,5-6,9H2. The molecule has 1 aliphatic heterocycles. The fraction of sp³-hybridized carbons (Fsp3) is 0.231. The Kier molecular flexibility index (Phi) is 3.04. The number of hydrogen-bond acceptors (Lipinski definition) is 4. The van der Waals surface area contributed by atoms with E-state index in [1.54, 1.807) is 24.3 Å². The molecule has 6 heteroatoms. The van der Waals surface area contributed by atoms with Crippen molar-refractivity contribution in [3.8, 4) is 0 Å². The Morgan fingerprint density at radius 3 is 3.00 bits per heavy atom. The van der Waals surface area contributed by atoms with Crippen molar-refractivity contribution in [1.82, 2.24) is 4.72 Å². The highest BCUT2D eigenvalue weighted by atomic mass is 32.2. The van der Waals surface area contributed by atoms with Gasteiger partial charge in [-0.1, -0.05) is 0 Å². The third kappa shape index (κ3) is 2.50. The predicted octanol–water partition coefficient (Wildman–Crippen LogP) is 1.73. The van der Waals surface area contributed by atoms with Crippen molar-refractivity contribution in [2.75, 3.05) is 11.9 Å². The van der Waals surface area contributed by atoms with Crippen molar-refractivity contribution in [2.24, 2.45) is 0 Å². The Hall–Kier alpha value is -1.79. The van der Waals surface area contributed by atoms with E-state index >= 15 is 0 Å². The largest absolute Gasteiger partial charge is 0.468 e. The minimum atomic E-state index is -3.50. The van der Waals surface area contributed by atoms with E-state index in [4.69, 9.17) is 4.42 Å². The molecule has 0 radical (unpaired) electrons. The first-order valence-corrected chi connectivity index (χ1v) is 7.52. The van der Waals surface area contributed by atoms with E-state index < -0.39 is 10.0 Å². The minimum Gasteiger partial charge on any atom is -0.468 e. The molecule has 0 fully saturated rings. The zero-order valence-corrected chi connectivity index (χ0v) is 11.0. The third-order valence-electron chi connectivity index (χ3n) is 3.11. The molecule has 0 aliphatic carbocycles. The van der Waals surface area contributed by atoms with Crippen molar-refractivity contribution in [2.45, 2.75) is 17.9 Å². The molecule has 1 aliphatic rings. The molecule has 0 amide bonds. The Morgan fingerprint density at radius 1 is 1.32 bits per heavy atom. The molecule has 5 nitrogen and oxygen atoms in total. The summed E-state index contributed by atoms with van der Waals surface area (Å²) < 4.78 is 31.9. The van der Waals surface area contributed by atoms with Crippen LogP contribution in [0.25, 0.3) is 0 Å². The number of nitrogens with one attached hydrogen (secondary N) is 2. The maximum Gasteiger partial charge on any atom is 0.240 e. The Bertz CT molecular complexity index is 678. The summed E-state index contributed by atoms with van der Waals surface area (Å²) in [6.07, 6.45) is 2.38. The average Bonchev–Trinajstić information content (AvgIpc) is 3.06. The molecule has 0 saturated heterocycles. The lowest BCUT2D eigenvalue weighted by molar-refractivity contribution is 0.498. The van der Waals surface area contributed by atoms with Crippen LogP contribution in [-0.2, 0) is 23.0 Å². The summed E-state index contributed by atoms with van der Waals surface area (Å²) in [6.45, 7) is 1.02. The lowest BCUT2D eigenvalue weighted by atomic mass is 10.2. The van der Waals surface area contributed by atoms with Gasteiger partial charge in [0.1, 0.15) is 5.76 Å². The summed E-state index contributed by atoms with van der Waals surface area (Å²) in [4.78, 5) is 0.293. The first-order valence-electron chi connectivity index (χ1n) is 6.04. The molecule has 1 aromatic heterocycles. The van der Waals surface area contributed by atoms with Crippen molar-refractivity contribution < 1.29 is 12.8 Å². The van der Waals surface area contributed by atoms with E-state index in [2.05, 4.69) is 10.0 Å². The van der Waals surface area contributed by atoms with Crippen LogP contribution in [0, 0.1) is 0 Å². The zero-order valence-electron chi connectivity index (χ0n) is 10.2. The molecule has 100 valence electrons. The van der Waals surface area contributed by atoms with E-state index in [1.165, 1.54) is 6.26 Å². The van der Waals surface area contributed by atoms with Crippen LogP contribution in [-0.4, -0.2) is 15.0 Å². The normalized spacial score (nSPS) is 14.1. The molecule has 0 atom stereocenters. The maximum atomic E-state index is 12.2. The monoisotopic (exact) mass is 278 g/mol. The number of anilines is 1. The Morgan fingerprint density at radius 2 is 2.21 bits per heavy atom. The van der Waals surface area contributed by atoms with Gasteiger partial charge in [-0.3, -0.25) is 0 Å². The summed E-state index contributed by atoms with van der Waals surface area (Å²) in [7, 11) is -3.50. The highest BCUT2D eigenvalue weighted by Gasteiger charge is 2.18. The van der Waals surface area contributed by atoms with E-state index in [-0.39, 0.29) is 6.54 Å². The van der Waals surface area contributed by atoms with Crippen LogP contribution in [0.15, 0.2) is 45.9 Å². The van der Waals surface area contributed by atoms with Gasteiger partial charge >= 0.3 is 0 Å². The summed E-state index contributed by atoms with van der Waals surface area (Å²) in [5.74, 6) is 0.589. The van der Waals surface area contributed by atoms with Crippen LogP contribution in [0.4, 0.5) is 5.69 Å². The van der Waals surface area contributed by atoms with Gasteiger partial charge in [0.15, 0.2) is 0 Å². The number of sulfonamides is 1. The van der Waals surface area contributed by atoms with Crippen LogP contribution in [0.1, 0.15) is 11.3 Å². The van der Waals surface area contributed by atoms with Crippen LogP contribution in [0.2, 0.25) is 0 Å². The summed E-state index contributed by atoms with van der Waals surface area (Å²) in [6, 6.07) is 8.60. The lowest BCUT2D eigenvalue weighted by Crippen LogP contribution is -2.23. The minimum absolute atomic E-state index is 0.157. The van der Waals surface area contributed by atoms with E-state index in [0.29, 0.717) is 10.7 Å². The zero-order chi connectivity index (χ0) is 13.3. The topological polar surface area (TPSA) is 71.3 Å². The number of fused-ring (bicyclic) bond motifs is 1. The third-order valence-corrected chi connectivity index (χ3v) is 4.51. The van der Waals surface area contributed by atoms with E-state index in [1.807, 2.05) is 6.07 Å². The molecule has 0 saturated carbocycles. The second kappa shape index (κ2) is 4.71. The first kappa shape index (κ1) is 12.3. The maximum absolute atomic E-state index is 12.2. The number of furan rings is 1. The SMILES string of the molecule is O=S(=O)(NCc1ccco1)c1ccc2c(c1)CCN2. The molecule has 0 unspecified atom stereocenters. The predicted molar refractivity (Wildman–Crippen MR) is 71.4 cm³/mol. The molecule has 1 aromatic carbocycles. The summed E-state index contributed by atoms with van der Waals surface area (Å²) in [5, 5.41) is 3.20. The van der Waals surface area contributed by atoms with Crippen molar-refractivity contribution in [1.29, 1.82) is 0 Å². The fourth-order valence-corrected chi connectivity index (χ4v) is 3.15. The van der Waals surface area contributed by atoms with Gasteiger partial charge in [-0.05, 0) is 42.3 Å². The molecule has 0 bridgehead atoms. The van der Waals surface area contributed by atoms with Gasteiger partial charge in [-0.15, -0.1) is 0 Å². The molecule has 2 aromatic rings. The van der Waals surface area contributed by atoms with Crippen LogP contribution in [0.5, 0.6) is 0 Å². The van der Waals surface area contributed by atoms with Crippen LogP contribution >= 0.6 is 0 Å². The Balaban J connectivity index is 1.80. The van der Waals surface area contributed by atoms with Crippen LogP contribution in [0.3, 0.4) is 0 Å². The quantitative estimate of drug-likeness (QED) is 0.893.